The molecule has 0 N–H and O–H groups in total. The standard InChI is InChI=1S/C63H57BN2OSSi/c1-61(2,3)38-25-29-40(30-26-38)65(41-31-27-39(28-32-41)62(4,5)6)42-33-34-50-56(35-42)69(9,10)55-24-16-21-51-57(55)64(50)60-58(66(51)52-22-15-19-45-44-18-12-14-23-53(44)67-59(45)52)47-36-46-43-17-11-13-20-48(43)63(7,8)49(46)37-54(47)68-60/h11-37H,1-10H3. The van der Waals surface area contributed by atoms with Gasteiger partial charge in [-0.05, 0) is 116 Å². The number of thiophene rings is 1. The monoisotopic (exact) mass is 928 g/mol. The van der Waals surface area contributed by atoms with Crippen molar-refractivity contribution < 1.29 is 4.42 Å². The second-order valence-electron chi connectivity index (χ2n) is 23.0. The highest BCUT2D eigenvalue weighted by Crippen LogP contribution is 2.53. The Hall–Kier alpha value is -6.60. The number of para-hydroxylation sites is 2. The van der Waals surface area contributed by atoms with Crippen molar-refractivity contribution in [2.45, 2.75) is 84.7 Å². The molecule has 8 aromatic carbocycles. The maximum absolute atomic E-state index is 6.92. The van der Waals surface area contributed by atoms with Gasteiger partial charge in [0, 0.05) is 53.8 Å². The topological polar surface area (TPSA) is 19.6 Å². The van der Waals surface area contributed by atoms with Crippen LogP contribution in [0.4, 0.5) is 34.1 Å². The van der Waals surface area contributed by atoms with Gasteiger partial charge < -0.3 is 14.2 Å². The van der Waals surface area contributed by atoms with Gasteiger partial charge in [-0.1, -0.05) is 181 Å². The summed E-state index contributed by atoms with van der Waals surface area (Å²) in [6, 6.07) is 62.6. The number of benzene rings is 8. The molecule has 3 aliphatic rings. The van der Waals surface area contributed by atoms with Crippen LogP contribution in [0.15, 0.2) is 168 Å². The fraction of sp³-hybridized carbons (Fsp3) is 0.206. The molecule has 0 spiro atoms. The molecule has 69 heavy (non-hydrogen) atoms. The van der Waals surface area contributed by atoms with Gasteiger partial charge in [-0.2, -0.15) is 0 Å². The van der Waals surface area contributed by atoms with Gasteiger partial charge in [0.2, 0.25) is 0 Å². The molecule has 0 saturated carbocycles. The molecule has 338 valence electrons. The summed E-state index contributed by atoms with van der Waals surface area (Å²) in [5, 5.41) is 6.60. The predicted octanol–water partition coefficient (Wildman–Crippen LogP) is 14.6. The molecule has 6 heteroatoms. The zero-order valence-electron chi connectivity index (χ0n) is 41.4. The summed E-state index contributed by atoms with van der Waals surface area (Å²) in [4.78, 5) is 5.08. The molecule has 4 heterocycles. The van der Waals surface area contributed by atoms with Crippen molar-refractivity contribution in [3.8, 4) is 11.1 Å². The predicted molar refractivity (Wildman–Crippen MR) is 301 cm³/mol. The van der Waals surface area contributed by atoms with Gasteiger partial charge >= 0.3 is 0 Å². The first-order valence-corrected chi connectivity index (χ1v) is 28.5. The Morgan fingerprint density at radius 2 is 1.19 bits per heavy atom. The molecule has 0 fully saturated rings. The largest absolute Gasteiger partial charge is 0.454 e. The molecule has 0 amide bonds. The number of nitrogens with zero attached hydrogens (tertiary/aromatic N) is 2. The molecule has 3 nitrogen and oxygen atoms in total. The Labute approximate surface area is 412 Å². The Morgan fingerprint density at radius 1 is 0.565 bits per heavy atom. The van der Waals surface area contributed by atoms with E-state index in [2.05, 4.69) is 242 Å². The molecule has 1 aliphatic carbocycles. The van der Waals surface area contributed by atoms with Crippen molar-refractivity contribution in [1.82, 2.24) is 0 Å². The normalized spacial score (nSPS) is 15.3. The molecule has 0 saturated heterocycles. The molecule has 0 radical (unpaired) electrons. The van der Waals surface area contributed by atoms with Crippen molar-refractivity contribution in [3.63, 3.8) is 0 Å². The summed E-state index contributed by atoms with van der Waals surface area (Å²) >= 11 is 2.00. The van der Waals surface area contributed by atoms with E-state index in [1.807, 2.05) is 11.3 Å². The van der Waals surface area contributed by atoms with Gasteiger partial charge in [0.1, 0.15) is 13.7 Å². The van der Waals surface area contributed by atoms with Crippen molar-refractivity contribution in [1.29, 1.82) is 0 Å². The van der Waals surface area contributed by atoms with Crippen LogP contribution in [0.5, 0.6) is 0 Å². The van der Waals surface area contributed by atoms with E-state index in [1.54, 1.807) is 0 Å². The fourth-order valence-electron chi connectivity index (χ4n) is 12.3. The molecule has 0 unspecified atom stereocenters. The SMILES string of the molecule is CC(C)(C)c1ccc(N(c2ccc(C(C)(C)C)cc2)c2ccc3c(c2)[Si](C)(C)c2cccc4c2B3c2sc3cc5c(cc3c2N4c2cccc3c2oc2ccccc23)-c2ccccc2C5(C)C)cc1. The maximum atomic E-state index is 6.92. The van der Waals surface area contributed by atoms with E-state index in [0.29, 0.717) is 0 Å². The zero-order chi connectivity index (χ0) is 47.5. The van der Waals surface area contributed by atoms with Crippen LogP contribution >= 0.6 is 11.3 Å². The summed E-state index contributed by atoms with van der Waals surface area (Å²) in [6.45, 7) is 23.8. The number of furan rings is 1. The minimum absolute atomic E-state index is 0.0613. The Balaban J connectivity index is 1.06. The van der Waals surface area contributed by atoms with E-state index in [4.69, 9.17) is 4.42 Å². The van der Waals surface area contributed by atoms with Gasteiger partial charge in [0.25, 0.3) is 6.71 Å². The molecule has 10 aromatic rings. The average Bonchev–Trinajstić information content (AvgIpc) is 3.97. The van der Waals surface area contributed by atoms with Crippen LogP contribution < -0.4 is 35.9 Å². The first-order valence-electron chi connectivity index (χ1n) is 24.7. The third-order valence-corrected chi connectivity index (χ3v) is 20.8. The van der Waals surface area contributed by atoms with Crippen LogP contribution in [0.25, 0.3) is 43.2 Å². The van der Waals surface area contributed by atoms with Gasteiger partial charge in [0.15, 0.2) is 5.58 Å². The number of fused-ring (bicyclic) bond motifs is 12. The lowest BCUT2D eigenvalue weighted by molar-refractivity contribution is 0.590. The van der Waals surface area contributed by atoms with Crippen LogP contribution in [0, 0.1) is 0 Å². The molecular formula is C63H57BN2OSSi. The molecular weight excluding hydrogens is 872 g/mol. The van der Waals surface area contributed by atoms with E-state index in [-0.39, 0.29) is 23.0 Å². The van der Waals surface area contributed by atoms with Crippen LogP contribution in [0.2, 0.25) is 13.1 Å². The van der Waals surface area contributed by atoms with Crippen molar-refractivity contribution >= 4 is 118 Å². The van der Waals surface area contributed by atoms with Gasteiger partial charge in [-0.15, -0.1) is 11.3 Å². The lowest BCUT2D eigenvalue weighted by Gasteiger charge is -2.44. The first kappa shape index (κ1) is 42.5. The highest BCUT2D eigenvalue weighted by atomic mass is 32.1. The van der Waals surface area contributed by atoms with Gasteiger partial charge in [-0.3, -0.25) is 0 Å². The summed E-state index contributed by atoms with van der Waals surface area (Å²) < 4.78 is 9.65. The minimum atomic E-state index is -2.35. The summed E-state index contributed by atoms with van der Waals surface area (Å²) in [6.07, 6.45) is 0. The molecule has 13 rings (SSSR count). The lowest BCUT2D eigenvalue weighted by atomic mass is 9.37. The summed E-state index contributed by atoms with van der Waals surface area (Å²) in [7, 11) is -2.35. The maximum Gasteiger partial charge on any atom is 0.259 e. The zero-order valence-corrected chi connectivity index (χ0v) is 43.2. The second-order valence-corrected chi connectivity index (χ2v) is 28.4. The van der Waals surface area contributed by atoms with Crippen molar-refractivity contribution in [2.24, 2.45) is 0 Å². The van der Waals surface area contributed by atoms with Crippen LogP contribution in [-0.2, 0) is 16.2 Å². The lowest BCUT2D eigenvalue weighted by Crippen LogP contribution is -2.77. The summed E-state index contributed by atoms with van der Waals surface area (Å²) in [5.74, 6) is 0. The minimum Gasteiger partial charge on any atom is -0.454 e. The third-order valence-electron chi connectivity index (χ3n) is 16.1. The molecule has 2 aliphatic heterocycles. The highest BCUT2D eigenvalue weighted by molar-refractivity contribution is 7.35. The quantitative estimate of drug-likeness (QED) is 0.164. The molecule has 0 bridgehead atoms. The first-order chi connectivity index (χ1) is 33.0. The Bertz CT molecular complexity index is 3710. The van der Waals surface area contributed by atoms with E-state index < -0.39 is 8.07 Å². The number of hydrogen-bond acceptors (Lipinski definition) is 4. The molecule has 2 aromatic heterocycles. The Morgan fingerprint density at radius 3 is 1.90 bits per heavy atom. The third kappa shape index (κ3) is 6.10. The van der Waals surface area contributed by atoms with Gasteiger partial charge in [-0.25, -0.2) is 0 Å². The van der Waals surface area contributed by atoms with Gasteiger partial charge in [0.05, 0.1) is 11.4 Å². The molecule has 0 atom stereocenters. The second kappa shape index (κ2) is 14.5. The summed E-state index contributed by atoms with van der Waals surface area (Å²) in [5.41, 5.74) is 20.1. The number of hydrogen-bond donors (Lipinski definition) is 0. The smallest absolute Gasteiger partial charge is 0.259 e. The van der Waals surface area contributed by atoms with E-state index >= 15 is 0 Å². The fourth-order valence-corrected chi connectivity index (χ4v) is 16.9. The van der Waals surface area contributed by atoms with Crippen LogP contribution in [0.1, 0.15) is 77.6 Å². The average molecular weight is 929 g/mol. The van der Waals surface area contributed by atoms with E-state index in [9.17, 15) is 0 Å². The Kier molecular flexibility index (Phi) is 8.92. The number of anilines is 6. The highest BCUT2D eigenvalue weighted by Gasteiger charge is 2.49. The number of rotatable bonds is 4. The van der Waals surface area contributed by atoms with E-state index in [1.165, 1.54) is 98.0 Å². The van der Waals surface area contributed by atoms with Crippen LogP contribution in [-0.4, -0.2) is 14.8 Å². The van der Waals surface area contributed by atoms with Crippen LogP contribution in [0.3, 0.4) is 0 Å². The van der Waals surface area contributed by atoms with E-state index in [0.717, 1.165) is 27.6 Å². The van der Waals surface area contributed by atoms with Crippen molar-refractivity contribution in [3.05, 3.63) is 186 Å². The van der Waals surface area contributed by atoms with Crippen molar-refractivity contribution in [2.75, 3.05) is 9.80 Å².